The van der Waals surface area contributed by atoms with Crippen LogP contribution in [0.5, 0.6) is 5.75 Å². The van der Waals surface area contributed by atoms with Crippen molar-refractivity contribution in [1.29, 1.82) is 0 Å². The first-order chi connectivity index (χ1) is 13.8. The molecule has 2 rings (SSSR count). The second-order valence-electron chi connectivity index (χ2n) is 7.17. The summed E-state index contributed by atoms with van der Waals surface area (Å²) in [7, 11) is -9.92. The van der Waals surface area contributed by atoms with Gasteiger partial charge in [0.05, 0.1) is 10.6 Å². The molecule has 0 aliphatic carbocycles. The Hall–Kier alpha value is -1.80. The normalized spacial score (nSPS) is 14.1. The van der Waals surface area contributed by atoms with E-state index < -0.39 is 26.1 Å². The Morgan fingerprint density at radius 1 is 0.900 bits per heavy atom. The van der Waals surface area contributed by atoms with Crippen molar-refractivity contribution in [1.82, 2.24) is 0 Å². The number of aryl methyl sites for hydroxylation is 1. The summed E-state index contributed by atoms with van der Waals surface area (Å²) < 4.78 is 69.4. The van der Waals surface area contributed by atoms with E-state index in [1.165, 1.54) is 25.7 Å². The summed E-state index contributed by atoms with van der Waals surface area (Å²) in [6, 6.07) is 8.00. The van der Waals surface area contributed by atoms with Crippen molar-refractivity contribution in [2.24, 2.45) is 0 Å². The molecule has 0 saturated heterocycles. The quantitative estimate of drug-likeness (QED) is 0.150. The van der Waals surface area contributed by atoms with Gasteiger partial charge in [-0.1, -0.05) is 82.2 Å². The summed E-state index contributed by atoms with van der Waals surface area (Å²) >= 11 is 5.37. The van der Waals surface area contributed by atoms with Crippen LogP contribution in [-0.4, -0.2) is 5.97 Å². The number of carbonyl (C=O) groups is 1. The van der Waals surface area contributed by atoms with Gasteiger partial charge in [0.15, 0.2) is 0 Å². The van der Waals surface area contributed by atoms with Crippen LogP contribution in [0, 0.1) is 0 Å². The third-order valence-corrected chi connectivity index (χ3v) is 6.15. The molecule has 0 N–H and O–H groups in total. The summed E-state index contributed by atoms with van der Waals surface area (Å²) in [5.74, 6) is -1.18. The van der Waals surface area contributed by atoms with Gasteiger partial charge < -0.3 is 4.74 Å². The van der Waals surface area contributed by atoms with Crippen LogP contribution in [0.3, 0.4) is 0 Å². The number of halogens is 6. The Bertz CT molecular complexity index is 883. The van der Waals surface area contributed by atoms with Crippen molar-refractivity contribution in [3.05, 3.63) is 58.6 Å². The molecule has 0 unspecified atom stereocenters. The minimum absolute atomic E-state index is 0.121. The molecule has 2 nitrogen and oxygen atoms in total. The molecule has 0 heterocycles. The van der Waals surface area contributed by atoms with Gasteiger partial charge in [0.2, 0.25) is 0 Å². The Morgan fingerprint density at radius 2 is 1.50 bits per heavy atom. The first-order valence-electron chi connectivity index (χ1n) is 9.65. The average Bonchev–Trinajstić information content (AvgIpc) is 2.63. The first kappa shape index (κ1) is 24.5. The third kappa shape index (κ3) is 7.47. The minimum Gasteiger partial charge on any atom is -0.423 e. The van der Waals surface area contributed by atoms with Crippen molar-refractivity contribution >= 4 is 27.8 Å². The highest BCUT2D eigenvalue weighted by Crippen LogP contribution is 3.02. The molecule has 2 aromatic rings. The summed E-state index contributed by atoms with van der Waals surface area (Å²) in [5, 5.41) is -1.23. The fraction of sp³-hybridized carbons (Fsp3) is 0.381. The molecule has 168 valence electrons. The van der Waals surface area contributed by atoms with Crippen LogP contribution in [0.1, 0.15) is 61.4 Å². The van der Waals surface area contributed by atoms with Gasteiger partial charge in [-0.3, -0.25) is 0 Å². The zero-order valence-electron chi connectivity index (χ0n) is 16.5. The van der Waals surface area contributed by atoms with Gasteiger partial charge in [0.25, 0.3) is 0 Å². The van der Waals surface area contributed by atoms with Crippen molar-refractivity contribution in [3.8, 4) is 5.75 Å². The fourth-order valence-electron chi connectivity index (χ4n) is 2.94. The molecular formula is C21H24ClF5O2S. The molecule has 0 aromatic heterocycles. The third-order valence-electron chi connectivity index (χ3n) is 4.54. The molecule has 9 heteroatoms. The Morgan fingerprint density at radius 3 is 2.07 bits per heavy atom. The lowest BCUT2D eigenvalue weighted by molar-refractivity contribution is 0.0734. The number of benzene rings is 2. The van der Waals surface area contributed by atoms with E-state index in [0.29, 0.717) is 12.1 Å². The predicted molar refractivity (Wildman–Crippen MR) is 111 cm³/mol. The highest BCUT2D eigenvalue weighted by atomic mass is 35.5. The van der Waals surface area contributed by atoms with Gasteiger partial charge in [-0.05, 0) is 42.7 Å². The van der Waals surface area contributed by atoms with Gasteiger partial charge in [-0.25, -0.2) is 4.79 Å². The van der Waals surface area contributed by atoms with Gasteiger partial charge in [0, 0.05) is 6.07 Å². The molecule has 0 amide bonds. The monoisotopic (exact) mass is 470 g/mol. The fourth-order valence-corrected chi connectivity index (χ4v) is 4.30. The van der Waals surface area contributed by atoms with Crippen molar-refractivity contribution in [2.45, 2.75) is 56.8 Å². The molecular weight excluding hydrogens is 447 g/mol. The molecule has 0 aliphatic heterocycles. The van der Waals surface area contributed by atoms with E-state index in [1.807, 2.05) is 0 Å². The highest BCUT2D eigenvalue weighted by Gasteiger charge is 2.66. The van der Waals surface area contributed by atoms with Crippen molar-refractivity contribution in [3.63, 3.8) is 0 Å². The van der Waals surface area contributed by atoms with E-state index in [4.69, 9.17) is 16.3 Å². The number of rotatable bonds is 10. The maximum absolute atomic E-state index is 12.9. The maximum atomic E-state index is 12.9. The number of carbonyl (C=O) groups excluding carboxylic acids is 1. The van der Waals surface area contributed by atoms with Crippen LogP contribution in [0.2, 0.25) is 5.02 Å². The zero-order chi connectivity index (χ0) is 22.5. The lowest BCUT2D eigenvalue weighted by atomic mass is 10.0. The lowest BCUT2D eigenvalue weighted by Gasteiger charge is -2.41. The van der Waals surface area contributed by atoms with Crippen LogP contribution in [0.15, 0.2) is 47.4 Å². The Labute approximate surface area is 178 Å². The molecule has 0 aliphatic rings. The number of unbranched alkanes of at least 4 members (excludes halogenated alkanes) is 5. The second kappa shape index (κ2) is 8.75. The topological polar surface area (TPSA) is 26.3 Å². The zero-order valence-corrected chi connectivity index (χ0v) is 18.1. The average molecular weight is 471 g/mol. The molecule has 0 fully saturated rings. The summed E-state index contributed by atoms with van der Waals surface area (Å²) in [4.78, 5) is 9.96. The summed E-state index contributed by atoms with van der Waals surface area (Å²) in [6.45, 7) is 2.16. The number of hydrogen-bond donors (Lipinski definition) is 0. The largest absolute Gasteiger partial charge is 0.423 e. The first-order valence-corrected chi connectivity index (χ1v) is 12.0. The second-order valence-corrected chi connectivity index (χ2v) is 9.95. The molecule has 0 radical (unpaired) electrons. The number of ether oxygens (including phenoxy) is 1. The predicted octanol–water partition coefficient (Wildman–Crippen LogP) is 9.12. The molecule has 30 heavy (non-hydrogen) atoms. The standard InChI is InChI=1S/C21H24ClF5O2S/c1-2-3-4-5-6-7-8-16-9-11-17(12-10-16)21(28)29-18-13-14-20(19(22)15-18)30(23,24,25,26)27/h9-15H,2-8H2,1H3. The molecule has 0 saturated carbocycles. The van der Waals surface area contributed by atoms with E-state index in [-0.39, 0.29) is 17.4 Å². The number of hydrogen-bond acceptors (Lipinski definition) is 2. The van der Waals surface area contributed by atoms with Gasteiger partial charge in [0.1, 0.15) is 10.6 Å². The molecule has 0 spiro atoms. The summed E-state index contributed by atoms with van der Waals surface area (Å²) in [6.07, 6.45) is 7.93. The SMILES string of the molecule is CCCCCCCCc1ccc(C(=O)Oc2ccc(S(F)(F)(F)(F)F)c(Cl)c2)cc1. The van der Waals surface area contributed by atoms with E-state index in [0.717, 1.165) is 24.8 Å². The highest BCUT2D eigenvalue weighted by molar-refractivity contribution is 8.45. The molecule has 0 bridgehead atoms. The van der Waals surface area contributed by atoms with Crippen LogP contribution in [0.25, 0.3) is 0 Å². The van der Waals surface area contributed by atoms with Crippen molar-refractivity contribution < 1.29 is 29.0 Å². The number of esters is 1. The minimum atomic E-state index is -9.92. The Kier molecular flexibility index (Phi) is 7.13. The van der Waals surface area contributed by atoms with Crippen LogP contribution >= 0.6 is 21.8 Å². The molecule has 0 atom stereocenters. The summed E-state index contributed by atoms with van der Waals surface area (Å²) in [5.41, 5.74) is 1.25. The van der Waals surface area contributed by atoms with Crippen LogP contribution in [0.4, 0.5) is 19.4 Å². The van der Waals surface area contributed by atoms with Crippen molar-refractivity contribution in [2.75, 3.05) is 0 Å². The van der Waals surface area contributed by atoms with E-state index in [2.05, 4.69) is 6.92 Å². The van der Waals surface area contributed by atoms with Crippen LogP contribution in [-0.2, 0) is 6.42 Å². The van der Waals surface area contributed by atoms with Gasteiger partial charge in [-0.15, -0.1) is 0 Å². The van der Waals surface area contributed by atoms with E-state index in [1.54, 1.807) is 24.3 Å². The molecule has 2 aromatic carbocycles. The van der Waals surface area contributed by atoms with Crippen LogP contribution < -0.4 is 4.74 Å². The van der Waals surface area contributed by atoms with E-state index in [9.17, 15) is 24.2 Å². The Balaban J connectivity index is 1.96. The smallest absolute Gasteiger partial charge is 0.343 e. The van der Waals surface area contributed by atoms with Gasteiger partial charge >= 0.3 is 16.2 Å². The van der Waals surface area contributed by atoms with E-state index >= 15 is 0 Å². The van der Waals surface area contributed by atoms with Gasteiger partial charge in [-0.2, -0.15) is 0 Å². The maximum Gasteiger partial charge on any atom is 0.343 e. The lowest BCUT2D eigenvalue weighted by Crippen LogP contribution is -2.10.